The summed E-state index contributed by atoms with van der Waals surface area (Å²) in [6, 6.07) is 6.47. The molecule has 8 nitrogen and oxygen atoms in total. The Labute approximate surface area is 106 Å². The van der Waals surface area contributed by atoms with Crippen LogP contribution in [0.25, 0.3) is 0 Å². The molecule has 0 saturated heterocycles. The van der Waals surface area contributed by atoms with Gasteiger partial charge in [-0.1, -0.05) is 12.1 Å². The molecule has 0 aliphatic carbocycles. The number of benzene rings is 1. The predicted molar refractivity (Wildman–Crippen MR) is 63.8 cm³/mol. The maximum Gasteiger partial charge on any atom is 0.394 e. The molecule has 0 heterocycles. The minimum absolute atomic E-state index is 0.431. The third-order valence-electron chi connectivity index (χ3n) is 1.68. The van der Waals surface area contributed by atoms with Gasteiger partial charge in [-0.05, 0) is 28.8 Å². The number of aliphatic hydroxyl groups is 1. The van der Waals surface area contributed by atoms with E-state index in [0.717, 1.165) is 0 Å². The van der Waals surface area contributed by atoms with Crippen LogP contribution < -0.4 is 5.73 Å². The van der Waals surface area contributed by atoms with Gasteiger partial charge in [-0.2, -0.15) is 8.42 Å². The number of aliphatic hydroxyl groups excluding tert-OH is 1. The quantitative estimate of drug-likeness (QED) is 0.330. The van der Waals surface area contributed by atoms with E-state index in [4.69, 9.17) is 28.4 Å². The molecular weight excluding hydrogens is 286 g/mol. The number of anilines is 1. The molecule has 18 heavy (non-hydrogen) atoms. The Bertz CT molecular complexity index is 494. The van der Waals surface area contributed by atoms with Crippen LogP contribution >= 0.6 is 0 Å². The lowest BCUT2D eigenvalue weighted by molar-refractivity contribution is 0.289. The standard InChI is InChI=1S/C8H11NO3S.H2O4S/c9-7-3-1-2-6(4-7)8(5-10)13(11)12;1-5(2,3)4/h1-4,8,10H,5,9H2,(H,11,12);(H2,1,2,3,4)/p-1. The summed E-state index contributed by atoms with van der Waals surface area (Å²) in [5, 5.41) is 7.92. The predicted octanol–water partition coefficient (Wildman–Crippen LogP) is -0.471. The number of hydrogen-bond acceptors (Lipinski definition) is 6. The van der Waals surface area contributed by atoms with Gasteiger partial charge in [0.25, 0.3) is 0 Å². The van der Waals surface area contributed by atoms with Crippen LogP contribution in [0.2, 0.25) is 0 Å². The Balaban J connectivity index is 0.000000494. The Morgan fingerprint density at radius 3 is 2.22 bits per heavy atom. The smallest absolute Gasteiger partial charge is 0.394 e. The maximum absolute atomic E-state index is 10.6. The summed E-state index contributed by atoms with van der Waals surface area (Å²) in [5.74, 6) is 0. The van der Waals surface area contributed by atoms with Crippen LogP contribution in [0.5, 0.6) is 0 Å². The van der Waals surface area contributed by atoms with E-state index in [9.17, 15) is 8.76 Å². The Hall–Kier alpha value is -1.04. The van der Waals surface area contributed by atoms with Crippen molar-refractivity contribution in [1.82, 2.24) is 0 Å². The van der Waals surface area contributed by atoms with E-state index in [1.54, 1.807) is 18.2 Å². The maximum atomic E-state index is 10.6. The Kier molecular flexibility index (Phi) is 6.98. The largest absolute Gasteiger partial charge is 0.772 e. The third kappa shape index (κ3) is 8.11. The molecular formula is C8H12NO7S2-. The molecule has 2 atom stereocenters. The van der Waals surface area contributed by atoms with Gasteiger partial charge < -0.3 is 15.4 Å². The molecule has 0 aromatic heterocycles. The minimum atomic E-state index is -4.67. The summed E-state index contributed by atoms with van der Waals surface area (Å²) >= 11 is -2.32. The van der Waals surface area contributed by atoms with Gasteiger partial charge in [0.1, 0.15) is 0 Å². The second-order valence-corrected chi connectivity index (χ2v) is 5.04. The molecule has 0 saturated carbocycles. The van der Waals surface area contributed by atoms with Gasteiger partial charge in [-0.15, -0.1) is 0 Å². The fraction of sp³-hybridized carbons (Fsp3) is 0.250. The number of nitrogens with two attached hydrogens (primary N) is 1. The Morgan fingerprint density at radius 2 is 1.89 bits per heavy atom. The molecule has 1 aromatic carbocycles. The van der Waals surface area contributed by atoms with Crippen molar-refractivity contribution in [3.8, 4) is 0 Å². The zero-order chi connectivity index (χ0) is 14.3. The van der Waals surface area contributed by atoms with E-state index in [-0.39, 0.29) is 0 Å². The van der Waals surface area contributed by atoms with Gasteiger partial charge in [-0.3, -0.25) is 13.3 Å². The summed E-state index contributed by atoms with van der Waals surface area (Å²) in [7, 11) is -4.67. The first-order chi connectivity index (χ1) is 8.15. The summed E-state index contributed by atoms with van der Waals surface area (Å²) in [6.45, 7) is -0.431. The lowest BCUT2D eigenvalue weighted by atomic mass is 10.1. The van der Waals surface area contributed by atoms with Gasteiger partial charge >= 0.3 is 10.4 Å². The van der Waals surface area contributed by atoms with Gasteiger partial charge in [0, 0.05) is 5.69 Å². The third-order valence-corrected chi connectivity index (χ3v) is 2.57. The van der Waals surface area contributed by atoms with Crippen molar-refractivity contribution in [1.29, 1.82) is 0 Å². The molecule has 0 radical (unpaired) electrons. The number of hydrogen-bond donors (Lipinski definition) is 4. The number of nitrogen functional groups attached to an aromatic ring is 1. The molecule has 0 aliphatic heterocycles. The van der Waals surface area contributed by atoms with Crippen molar-refractivity contribution in [3.63, 3.8) is 0 Å². The lowest BCUT2D eigenvalue weighted by Crippen LogP contribution is -2.10. The zero-order valence-corrected chi connectivity index (χ0v) is 10.6. The second kappa shape index (κ2) is 7.41. The van der Waals surface area contributed by atoms with Crippen molar-refractivity contribution in [2.45, 2.75) is 5.25 Å². The van der Waals surface area contributed by atoms with E-state index >= 15 is 0 Å². The fourth-order valence-corrected chi connectivity index (χ4v) is 1.53. The second-order valence-electron chi connectivity index (χ2n) is 3.05. The molecule has 2 unspecified atom stereocenters. The minimum Gasteiger partial charge on any atom is -0.772 e. The molecule has 0 amide bonds. The molecule has 0 aliphatic rings. The fourth-order valence-electron chi connectivity index (χ4n) is 1.04. The molecule has 104 valence electrons. The van der Waals surface area contributed by atoms with Crippen LogP contribution in [0.4, 0.5) is 5.69 Å². The number of rotatable bonds is 3. The van der Waals surface area contributed by atoms with Crippen molar-refractivity contribution in [2.75, 3.05) is 12.3 Å². The molecule has 0 spiro atoms. The summed E-state index contributed by atoms with van der Waals surface area (Å²) in [4.78, 5) is 0. The SMILES string of the molecule is Nc1cccc(C(CO)S(=O)[O-])c1.O=S(=O)(O)O. The van der Waals surface area contributed by atoms with Crippen molar-refractivity contribution in [3.05, 3.63) is 29.8 Å². The normalized spacial score (nSPS) is 14.2. The van der Waals surface area contributed by atoms with E-state index in [1.807, 2.05) is 0 Å². The molecule has 5 N–H and O–H groups in total. The first-order valence-corrected chi connectivity index (χ1v) is 6.93. The van der Waals surface area contributed by atoms with Crippen LogP contribution in [0.15, 0.2) is 24.3 Å². The highest BCUT2D eigenvalue weighted by Crippen LogP contribution is 2.19. The first-order valence-electron chi connectivity index (χ1n) is 4.39. The molecule has 0 bridgehead atoms. The van der Waals surface area contributed by atoms with Crippen molar-refractivity contribution in [2.24, 2.45) is 0 Å². The van der Waals surface area contributed by atoms with Crippen LogP contribution in [0, 0.1) is 0 Å². The van der Waals surface area contributed by atoms with Crippen LogP contribution in [0.1, 0.15) is 10.8 Å². The van der Waals surface area contributed by atoms with E-state index < -0.39 is 33.3 Å². The van der Waals surface area contributed by atoms with Crippen LogP contribution in [0.3, 0.4) is 0 Å². The summed E-state index contributed by atoms with van der Waals surface area (Å²) < 4.78 is 52.9. The monoisotopic (exact) mass is 298 g/mol. The average Bonchev–Trinajstić information content (AvgIpc) is 2.15. The molecule has 0 fully saturated rings. The highest BCUT2D eigenvalue weighted by Gasteiger charge is 2.10. The summed E-state index contributed by atoms with van der Waals surface area (Å²) in [5.41, 5.74) is 6.47. The van der Waals surface area contributed by atoms with E-state index in [1.165, 1.54) is 6.07 Å². The zero-order valence-electron chi connectivity index (χ0n) is 8.96. The molecule has 10 heteroatoms. The Morgan fingerprint density at radius 1 is 1.39 bits per heavy atom. The topological polar surface area (TPSA) is 161 Å². The average molecular weight is 298 g/mol. The first kappa shape index (κ1) is 17.0. The molecule has 1 rings (SSSR count). The van der Waals surface area contributed by atoms with Crippen molar-refractivity contribution < 1.29 is 31.4 Å². The molecule has 1 aromatic rings. The van der Waals surface area contributed by atoms with Crippen LogP contribution in [-0.4, -0.2) is 38.0 Å². The summed E-state index contributed by atoms with van der Waals surface area (Å²) in [6.07, 6.45) is 0. The lowest BCUT2D eigenvalue weighted by Gasteiger charge is -2.17. The van der Waals surface area contributed by atoms with Gasteiger partial charge in [0.05, 0.1) is 11.9 Å². The van der Waals surface area contributed by atoms with Crippen LogP contribution in [-0.2, 0) is 21.5 Å². The van der Waals surface area contributed by atoms with Gasteiger partial charge in [0.15, 0.2) is 0 Å². The van der Waals surface area contributed by atoms with E-state index in [2.05, 4.69) is 0 Å². The highest BCUT2D eigenvalue weighted by atomic mass is 32.3. The van der Waals surface area contributed by atoms with Crippen molar-refractivity contribution >= 4 is 27.2 Å². The highest BCUT2D eigenvalue weighted by molar-refractivity contribution is 7.80. The van der Waals surface area contributed by atoms with Gasteiger partial charge in [-0.25, -0.2) is 0 Å². The van der Waals surface area contributed by atoms with E-state index in [0.29, 0.717) is 11.3 Å². The van der Waals surface area contributed by atoms with Gasteiger partial charge in [0.2, 0.25) is 0 Å².